The topological polar surface area (TPSA) is 63.7 Å². The molecule has 8 heteroatoms. The number of halogens is 1. The van der Waals surface area contributed by atoms with Crippen molar-refractivity contribution >= 4 is 23.1 Å². The summed E-state index contributed by atoms with van der Waals surface area (Å²) in [5, 5.41) is 5.71. The zero-order chi connectivity index (χ0) is 22.3. The van der Waals surface area contributed by atoms with Crippen LogP contribution < -0.4 is 15.0 Å². The number of alkyl halides is 1. The number of piperidine rings is 1. The molecular weight excluding hydrogens is 429 g/mol. The Morgan fingerprint density at radius 1 is 1.28 bits per heavy atom. The number of anilines is 1. The zero-order valence-corrected chi connectivity index (χ0v) is 19.5. The van der Waals surface area contributed by atoms with Crippen molar-refractivity contribution in [2.75, 3.05) is 25.1 Å². The van der Waals surface area contributed by atoms with Gasteiger partial charge in [-0.3, -0.25) is 4.90 Å². The van der Waals surface area contributed by atoms with Crippen LogP contribution >= 0.6 is 11.3 Å². The highest BCUT2D eigenvalue weighted by Crippen LogP contribution is 2.46. The van der Waals surface area contributed by atoms with E-state index in [9.17, 15) is 4.79 Å². The molecule has 0 bridgehead atoms. The third kappa shape index (κ3) is 3.77. The Morgan fingerprint density at radius 3 is 2.75 bits per heavy atom. The molecule has 3 aliphatic rings. The number of hydrogen-bond donors (Lipinski definition) is 1. The summed E-state index contributed by atoms with van der Waals surface area (Å²) in [5.41, 5.74) is 2.12. The van der Waals surface area contributed by atoms with Gasteiger partial charge in [-0.05, 0) is 64.3 Å². The molecule has 1 N–H and O–H groups in total. The van der Waals surface area contributed by atoms with Gasteiger partial charge in [-0.15, -0.1) is 11.3 Å². The molecule has 32 heavy (non-hydrogen) atoms. The molecule has 3 heterocycles. The van der Waals surface area contributed by atoms with Crippen molar-refractivity contribution in [3.05, 3.63) is 28.1 Å². The number of ether oxygens (including phenoxy) is 2. The maximum atomic E-state index is 15.5. The molecular formula is C24H30FN3O3S. The molecule has 2 fully saturated rings. The predicted octanol–water partition coefficient (Wildman–Crippen LogP) is 5.20. The van der Waals surface area contributed by atoms with Crippen molar-refractivity contribution < 1.29 is 18.7 Å². The highest BCUT2D eigenvalue weighted by atomic mass is 32.1. The van der Waals surface area contributed by atoms with Crippen molar-refractivity contribution in [2.24, 2.45) is 0 Å². The molecule has 0 spiro atoms. The predicted molar refractivity (Wildman–Crippen MR) is 123 cm³/mol. The third-order valence-electron chi connectivity index (χ3n) is 7.02. The van der Waals surface area contributed by atoms with Gasteiger partial charge < -0.3 is 14.8 Å². The van der Waals surface area contributed by atoms with Gasteiger partial charge in [-0.2, -0.15) is 0 Å². The van der Waals surface area contributed by atoms with Crippen LogP contribution in [0.1, 0.15) is 56.0 Å². The number of amides is 1. The Hall–Kier alpha value is -2.19. The summed E-state index contributed by atoms with van der Waals surface area (Å²) in [5.74, 6) is 0.795. The van der Waals surface area contributed by atoms with Gasteiger partial charge in [0.05, 0.1) is 24.6 Å². The molecule has 1 atom stereocenters. The number of benzene rings is 1. The van der Waals surface area contributed by atoms with E-state index in [4.69, 9.17) is 14.5 Å². The van der Waals surface area contributed by atoms with Crippen LogP contribution in [0.4, 0.5) is 14.9 Å². The number of carbonyl (C=O) groups is 1. The summed E-state index contributed by atoms with van der Waals surface area (Å²) in [4.78, 5) is 19.0. The summed E-state index contributed by atoms with van der Waals surface area (Å²) in [6, 6.07) is 3.97. The molecule has 1 aromatic heterocycles. The lowest BCUT2D eigenvalue weighted by Gasteiger charge is -2.36. The minimum atomic E-state index is -1.37. The van der Waals surface area contributed by atoms with Gasteiger partial charge in [0.1, 0.15) is 10.8 Å². The fourth-order valence-electron chi connectivity index (χ4n) is 4.81. The summed E-state index contributed by atoms with van der Waals surface area (Å²) >= 11 is 1.39. The summed E-state index contributed by atoms with van der Waals surface area (Å²) in [7, 11) is 1.41. The quantitative estimate of drug-likeness (QED) is 0.681. The Morgan fingerprint density at radius 2 is 2.06 bits per heavy atom. The summed E-state index contributed by atoms with van der Waals surface area (Å²) < 4.78 is 27.1. The Balaban J connectivity index is 1.56. The normalized spacial score (nSPS) is 22.7. The van der Waals surface area contributed by atoms with E-state index in [1.54, 1.807) is 4.90 Å². The van der Waals surface area contributed by atoms with Crippen LogP contribution in [0.15, 0.2) is 17.5 Å². The molecule has 172 valence electrons. The second-order valence-corrected chi connectivity index (χ2v) is 9.95. The fourth-order valence-corrected chi connectivity index (χ4v) is 5.78. The highest BCUT2D eigenvalue weighted by Gasteiger charge is 2.38. The lowest BCUT2D eigenvalue weighted by molar-refractivity contribution is 0.115. The number of rotatable bonds is 4. The largest absolute Gasteiger partial charge is 0.489 e. The van der Waals surface area contributed by atoms with Crippen LogP contribution in [0, 0.1) is 0 Å². The number of carbonyl (C=O) groups excluding carboxylic acids is 1. The van der Waals surface area contributed by atoms with E-state index < -0.39 is 5.67 Å². The number of methoxy groups -OCH3 is 1. The molecule has 2 aliphatic heterocycles. The van der Waals surface area contributed by atoms with Crippen LogP contribution in [-0.4, -0.2) is 43.4 Å². The first-order valence-electron chi connectivity index (χ1n) is 11.6. The number of nitrogens with one attached hydrogen (secondary N) is 1. The Labute approximate surface area is 192 Å². The van der Waals surface area contributed by atoms with Gasteiger partial charge in [0.2, 0.25) is 0 Å². The molecule has 5 rings (SSSR count). The van der Waals surface area contributed by atoms with Gasteiger partial charge in [0, 0.05) is 35.4 Å². The fraction of sp³-hybridized carbons (Fsp3) is 0.583. The zero-order valence-electron chi connectivity index (χ0n) is 18.7. The average Bonchev–Trinajstić information content (AvgIpc) is 3.27. The SMILES string of the molecule is COC(=O)N1c2ccc(-c3csc(C4(F)CCNCC4)n3)c(OC3CCC3)c2CCC1C. The maximum absolute atomic E-state index is 15.5. The van der Waals surface area contributed by atoms with Crippen molar-refractivity contribution in [1.82, 2.24) is 10.3 Å². The van der Waals surface area contributed by atoms with Crippen molar-refractivity contribution in [1.29, 1.82) is 0 Å². The standard InChI is InChI=1S/C24H30FN3O3S/c1-15-6-7-18-20(28(15)23(29)30-2)9-8-17(21(18)31-16-4-3-5-16)19-14-32-22(27-19)24(25)10-12-26-13-11-24/h8-9,14-16,26H,3-7,10-13H2,1-2H3. The van der Waals surface area contributed by atoms with E-state index in [1.807, 2.05) is 24.4 Å². The van der Waals surface area contributed by atoms with Crippen LogP contribution in [0.3, 0.4) is 0 Å². The summed E-state index contributed by atoms with van der Waals surface area (Å²) in [6.07, 6.45) is 5.59. The minimum absolute atomic E-state index is 0.0505. The lowest BCUT2D eigenvalue weighted by Crippen LogP contribution is -2.42. The van der Waals surface area contributed by atoms with E-state index in [-0.39, 0.29) is 18.2 Å². The molecule has 1 amide bonds. The number of hydrogen-bond acceptors (Lipinski definition) is 6. The molecule has 1 aromatic carbocycles. The first-order chi connectivity index (χ1) is 15.5. The Kier molecular flexibility index (Phi) is 5.84. The first-order valence-corrected chi connectivity index (χ1v) is 12.4. The van der Waals surface area contributed by atoms with Crippen LogP contribution in [0.25, 0.3) is 11.3 Å². The molecule has 0 radical (unpaired) electrons. The minimum Gasteiger partial charge on any atom is -0.489 e. The molecule has 1 aliphatic carbocycles. The molecule has 1 unspecified atom stereocenters. The third-order valence-corrected chi connectivity index (χ3v) is 8.04. The van der Waals surface area contributed by atoms with Crippen LogP contribution in [0.5, 0.6) is 5.75 Å². The molecule has 1 saturated carbocycles. The van der Waals surface area contributed by atoms with E-state index >= 15 is 4.39 Å². The number of nitrogens with zero attached hydrogens (tertiary/aromatic N) is 2. The van der Waals surface area contributed by atoms with E-state index in [0.29, 0.717) is 30.9 Å². The molecule has 1 saturated heterocycles. The number of aromatic nitrogens is 1. The van der Waals surface area contributed by atoms with Gasteiger partial charge in [-0.1, -0.05) is 0 Å². The monoisotopic (exact) mass is 459 g/mol. The van der Waals surface area contributed by atoms with Gasteiger partial charge in [0.25, 0.3) is 0 Å². The van der Waals surface area contributed by atoms with Gasteiger partial charge in [-0.25, -0.2) is 14.2 Å². The van der Waals surface area contributed by atoms with Gasteiger partial charge in [0.15, 0.2) is 5.67 Å². The van der Waals surface area contributed by atoms with Crippen molar-refractivity contribution in [3.63, 3.8) is 0 Å². The van der Waals surface area contributed by atoms with Crippen LogP contribution in [0.2, 0.25) is 0 Å². The lowest BCUT2D eigenvalue weighted by atomic mass is 9.92. The Bertz CT molecular complexity index is 1000. The smallest absolute Gasteiger partial charge is 0.414 e. The number of fused-ring (bicyclic) bond motifs is 1. The van der Waals surface area contributed by atoms with E-state index in [1.165, 1.54) is 24.9 Å². The second kappa shape index (κ2) is 8.63. The maximum Gasteiger partial charge on any atom is 0.414 e. The highest BCUT2D eigenvalue weighted by molar-refractivity contribution is 7.10. The van der Waals surface area contributed by atoms with E-state index in [2.05, 4.69) is 5.32 Å². The van der Waals surface area contributed by atoms with Crippen LogP contribution in [-0.2, 0) is 16.8 Å². The van der Waals surface area contributed by atoms with E-state index in [0.717, 1.165) is 53.9 Å². The summed E-state index contributed by atoms with van der Waals surface area (Å²) in [6.45, 7) is 3.37. The van der Waals surface area contributed by atoms with Crippen molar-refractivity contribution in [2.45, 2.75) is 69.7 Å². The van der Waals surface area contributed by atoms with Crippen molar-refractivity contribution in [3.8, 4) is 17.0 Å². The van der Waals surface area contributed by atoms with Gasteiger partial charge >= 0.3 is 6.09 Å². The molecule has 6 nitrogen and oxygen atoms in total. The second-order valence-electron chi connectivity index (χ2n) is 9.09. The average molecular weight is 460 g/mol. The number of thiazole rings is 1. The first kappa shape index (κ1) is 21.6. The molecule has 2 aromatic rings.